The predicted molar refractivity (Wildman–Crippen MR) is 93.4 cm³/mol. The minimum absolute atomic E-state index is 0.139. The molecule has 0 radical (unpaired) electrons. The van der Waals surface area contributed by atoms with Crippen molar-refractivity contribution in [1.82, 2.24) is 4.90 Å². The van der Waals surface area contributed by atoms with Gasteiger partial charge in [-0.2, -0.15) is 10.1 Å². The van der Waals surface area contributed by atoms with Crippen molar-refractivity contribution in [2.45, 2.75) is 44.6 Å². The van der Waals surface area contributed by atoms with Gasteiger partial charge in [-0.15, -0.1) is 0 Å². The number of pyridine rings is 1. The fraction of sp³-hybridized carbons (Fsp3) is 0.611. The highest BCUT2D eigenvalue weighted by atomic mass is 16.6. The average molecular weight is 363 g/mol. The normalized spacial score (nSPS) is 22.7. The zero-order chi connectivity index (χ0) is 18.4. The lowest BCUT2D eigenvalue weighted by Crippen LogP contribution is -2.34. The van der Waals surface area contributed by atoms with Crippen LogP contribution >= 0.6 is 0 Å². The van der Waals surface area contributed by atoms with Crippen LogP contribution in [0.2, 0.25) is 0 Å². The maximum absolute atomic E-state index is 11.9. The molecule has 1 saturated carbocycles. The Kier molecular flexibility index (Phi) is 6.14. The van der Waals surface area contributed by atoms with E-state index in [-0.39, 0.29) is 18.0 Å². The molecule has 2 heterocycles. The van der Waals surface area contributed by atoms with Gasteiger partial charge in [0.1, 0.15) is 6.10 Å². The van der Waals surface area contributed by atoms with Crippen molar-refractivity contribution in [3.05, 3.63) is 29.6 Å². The van der Waals surface area contributed by atoms with Crippen LogP contribution in [0.3, 0.4) is 0 Å². The Labute approximate surface area is 152 Å². The molecule has 1 aromatic rings. The number of carbonyl (C=O) groups is 2. The number of aromatic nitrogens is 1. The number of ether oxygens (including phenoxy) is 2. The van der Waals surface area contributed by atoms with E-state index in [1.54, 1.807) is 17.0 Å². The van der Waals surface area contributed by atoms with Gasteiger partial charge in [0.25, 0.3) is 5.82 Å². The van der Waals surface area contributed by atoms with Gasteiger partial charge in [-0.1, -0.05) is 6.07 Å². The van der Waals surface area contributed by atoms with Gasteiger partial charge in [-0.25, -0.2) is 9.52 Å². The molecular formula is C18H25N3O5. The number of nitrogens with zero attached hydrogens (tertiary/aromatic N) is 2. The number of likely N-dealkylation sites (tertiary alicyclic amines) is 1. The highest BCUT2D eigenvalue weighted by molar-refractivity contribution is 5.82. The molecule has 3 rings (SSSR count). The minimum atomic E-state index is -0.621. The molecule has 2 amide bonds. The van der Waals surface area contributed by atoms with Crippen LogP contribution in [-0.4, -0.2) is 42.9 Å². The van der Waals surface area contributed by atoms with Crippen molar-refractivity contribution in [3.63, 3.8) is 0 Å². The summed E-state index contributed by atoms with van der Waals surface area (Å²) in [5.74, 6) is 0.447. The van der Waals surface area contributed by atoms with Gasteiger partial charge in [-0.05, 0) is 50.5 Å². The zero-order valence-electron chi connectivity index (χ0n) is 14.8. The number of rotatable bonds is 4. The fourth-order valence-corrected chi connectivity index (χ4v) is 3.41. The quantitative estimate of drug-likeness (QED) is 0.655. The Morgan fingerprint density at radius 3 is 2.62 bits per heavy atom. The van der Waals surface area contributed by atoms with Crippen LogP contribution in [0.4, 0.5) is 15.4 Å². The molecule has 1 N–H and O–H groups in total. The third-order valence-corrected chi connectivity index (χ3v) is 4.93. The smallest absolute Gasteiger partial charge is 0.505 e. The molecule has 142 valence electrons. The summed E-state index contributed by atoms with van der Waals surface area (Å²) in [7, 11) is 0. The summed E-state index contributed by atoms with van der Waals surface area (Å²) in [6.07, 6.45) is 5.55. The number of nitrogens with one attached hydrogen (secondary N) is 1. The van der Waals surface area contributed by atoms with Crippen molar-refractivity contribution >= 4 is 18.0 Å². The molecule has 0 aromatic carbocycles. The van der Waals surface area contributed by atoms with Gasteiger partial charge in [0.05, 0.1) is 12.8 Å². The number of hydrogen-bond donors (Lipinski definition) is 1. The molecule has 1 saturated heterocycles. The summed E-state index contributed by atoms with van der Waals surface area (Å²) < 4.78 is 11.4. The van der Waals surface area contributed by atoms with Crippen LogP contribution < -0.4 is 10.0 Å². The van der Waals surface area contributed by atoms with E-state index in [1.165, 1.54) is 12.3 Å². The van der Waals surface area contributed by atoms with Crippen molar-refractivity contribution in [1.29, 1.82) is 0 Å². The molecule has 0 bridgehead atoms. The van der Waals surface area contributed by atoms with Crippen LogP contribution in [0.15, 0.2) is 24.4 Å². The van der Waals surface area contributed by atoms with Gasteiger partial charge >= 0.3 is 12.2 Å². The topological polar surface area (TPSA) is 94.8 Å². The third kappa shape index (κ3) is 5.00. The highest BCUT2D eigenvalue weighted by Crippen LogP contribution is 2.27. The molecule has 0 spiro atoms. The monoisotopic (exact) mass is 363 g/mol. The van der Waals surface area contributed by atoms with Gasteiger partial charge in [0.15, 0.2) is 0 Å². The number of carbonyl (C=O) groups excluding carboxylic acids is 2. The second-order valence-electron chi connectivity index (χ2n) is 6.86. The number of amides is 2. The van der Waals surface area contributed by atoms with Gasteiger partial charge < -0.3 is 19.6 Å². The van der Waals surface area contributed by atoms with Gasteiger partial charge in [-0.3, -0.25) is 0 Å². The van der Waals surface area contributed by atoms with Gasteiger partial charge in [0, 0.05) is 19.2 Å². The first-order valence-corrected chi connectivity index (χ1v) is 9.19. The first-order valence-electron chi connectivity index (χ1n) is 9.19. The first kappa shape index (κ1) is 18.3. The maximum Gasteiger partial charge on any atom is 0.505 e. The SMILES string of the molecule is O=C(Nc1cccc[n+]1[O-])OC1CCC(COC(=O)N2CCCC2)CC1. The molecule has 2 aliphatic rings. The molecule has 8 nitrogen and oxygen atoms in total. The average Bonchev–Trinajstić information content (AvgIpc) is 3.18. The van der Waals surface area contributed by atoms with E-state index >= 15 is 0 Å². The lowest BCUT2D eigenvalue weighted by molar-refractivity contribution is -0.590. The summed E-state index contributed by atoms with van der Waals surface area (Å²) in [4.78, 5) is 25.6. The molecule has 0 atom stereocenters. The number of anilines is 1. The Morgan fingerprint density at radius 2 is 1.92 bits per heavy atom. The lowest BCUT2D eigenvalue weighted by Gasteiger charge is -2.27. The summed E-state index contributed by atoms with van der Waals surface area (Å²) >= 11 is 0. The second-order valence-corrected chi connectivity index (χ2v) is 6.86. The third-order valence-electron chi connectivity index (χ3n) is 4.93. The minimum Gasteiger partial charge on any atom is -0.711 e. The first-order chi connectivity index (χ1) is 12.6. The standard InChI is InChI=1S/C18H25N3O5/c22-17(19-16-5-1-2-12-21(16)24)26-15-8-6-14(7-9-15)13-25-18(23)20-10-3-4-11-20/h1-2,5,12,14-15H,3-4,6-11,13H2,(H,19,22). The fourth-order valence-electron chi connectivity index (χ4n) is 3.41. The molecular weight excluding hydrogens is 338 g/mol. The van der Waals surface area contributed by atoms with Crippen molar-refractivity contribution in [2.75, 3.05) is 25.0 Å². The molecule has 1 aliphatic carbocycles. The van der Waals surface area contributed by atoms with Crippen molar-refractivity contribution < 1.29 is 23.8 Å². The van der Waals surface area contributed by atoms with Crippen LogP contribution in [0.1, 0.15) is 38.5 Å². The Hall–Kier alpha value is -2.51. The van der Waals surface area contributed by atoms with E-state index in [4.69, 9.17) is 9.47 Å². The van der Waals surface area contributed by atoms with E-state index in [0.29, 0.717) is 17.3 Å². The second kappa shape index (κ2) is 8.73. The molecule has 2 fully saturated rings. The molecule has 1 aliphatic heterocycles. The van der Waals surface area contributed by atoms with Crippen molar-refractivity contribution in [2.24, 2.45) is 5.92 Å². The van der Waals surface area contributed by atoms with Crippen LogP contribution in [0, 0.1) is 11.1 Å². The summed E-state index contributed by atoms with van der Waals surface area (Å²) in [6, 6.07) is 4.76. The highest BCUT2D eigenvalue weighted by Gasteiger charge is 2.27. The maximum atomic E-state index is 11.9. The van der Waals surface area contributed by atoms with E-state index in [9.17, 15) is 14.8 Å². The van der Waals surface area contributed by atoms with Gasteiger partial charge in [0.2, 0.25) is 0 Å². The van der Waals surface area contributed by atoms with Crippen molar-refractivity contribution in [3.8, 4) is 0 Å². The number of hydrogen-bond acceptors (Lipinski definition) is 5. The largest absolute Gasteiger partial charge is 0.711 e. The van der Waals surface area contributed by atoms with E-state index < -0.39 is 6.09 Å². The lowest BCUT2D eigenvalue weighted by atomic mass is 9.88. The van der Waals surface area contributed by atoms with Crippen LogP contribution in [-0.2, 0) is 9.47 Å². The van der Waals surface area contributed by atoms with Crippen LogP contribution in [0.5, 0.6) is 0 Å². The molecule has 1 aromatic heterocycles. The molecule has 0 unspecified atom stereocenters. The summed E-state index contributed by atoms with van der Waals surface area (Å²) in [5, 5.41) is 14.0. The predicted octanol–water partition coefficient (Wildman–Crippen LogP) is 2.66. The van der Waals surface area contributed by atoms with E-state index in [0.717, 1.165) is 51.6 Å². The van der Waals surface area contributed by atoms with E-state index in [1.807, 2.05) is 0 Å². The van der Waals surface area contributed by atoms with Crippen LogP contribution in [0.25, 0.3) is 0 Å². The molecule has 8 heteroatoms. The summed E-state index contributed by atoms with van der Waals surface area (Å²) in [6.45, 7) is 2.01. The Morgan fingerprint density at radius 1 is 1.19 bits per heavy atom. The zero-order valence-corrected chi connectivity index (χ0v) is 14.8. The van der Waals surface area contributed by atoms with E-state index in [2.05, 4.69) is 5.32 Å². The molecule has 26 heavy (non-hydrogen) atoms. The Balaban J connectivity index is 1.35. The Bertz CT molecular complexity index is 625. The summed E-state index contributed by atoms with van der Waals surface area (Å²) in [5.41, 5.74) is 0.